The molecule has 0 saturated heterocycles. The summed E-state index contributed by atoms with van der Waals surface area (Å²) in [5, 5.41) is 12.3. The molecular formula is C17H23NO4. The third-order valence-electron chi connectivity index (χ3n) is 4.48. The van der Waals surface area contributed by atoms with Gasteiger partial charge in [-0.2, -0.15) is 0 Å². The van der Waals surface area contributed by atoms with E-state index in [-0.39, 0.29) is 0 Å². The van der Waals surface area contributed by atoms with Gasteiger partial charge >= 0.3 is 5.97 Å². The van der Waals surface area contributed by atoms with Gasteiger partial charge in [0.25, 0.3) is 5.91 Å². The number of hydrogen-bond donors (Lipinski definition) is 2. The molecule has 1 aliphatic rings. The first kappa shape index (κ1) is 16.5. The third kappa shape index (κ3) is 3.47. The van der Waals surface area contributed by atoms with Crippen LogP contribution in [0.2, 0.25) is 0 Å². The van der Waals surface area contributed by atoms with Crippen LogP contribution in [0.3, 0.4) is 0 Å². The first-order chi connectivity index (χ1) is 10.5. The number of amides is 1. The van der Waals surface area contributed by atoms with Crippen molar-refractivity contribution in [3.63, 3.8) is 0 Å². The van der Waals surface area contributed by atoms with E-state index in [0.717, 1.165) is 12.8 Å². The van der Waals surface area contributed by atoms with Crippen molar-refractivity contribution in [3.8, 4) is 0 Å². The molecule has 1 aromatic carbocycles. The third-order valence-corrected chi connectivity index (χ3v) is 4.48. The van der Waals surface area contributed by atoms with Crippen molar-refractivity contribution in [3.05, 3.63) is 35.9 Å². The van der Waals surface area contributed by atoms with Gasteiger partial charge in [0.2, 0.25) is 0 Å². The van der Waals surface area contributed by atoms with Gasteiger partial charge in [0, 0.05) is 7.11 Å². The number of carboxylic acids is 1. The SMILES string of the molecule is CO[C@@H](C(=O)NC1(C(=O)O)CCC(C)CC1)c1ccccc1. The normalized spacial score (nSPS) is 26.2. The summed E-state index contributed by atoms with van der Waals surface area (Å²) >= 11 is 0. The van der Waals surface area contributed by atoms with Gasteiger partial charge in [0.15, 0.2) is 6.10 Å². The Morgan fingerprint density at radius 1 is 1.27 bits per heavy atom. The van der Waals surface area contributed by atoms with Crippen molar-refractivity contribution < 1.29 is 19.4 Å². The lowest BCUT2D eigenvalue weighted by Gasteiger charge is -2.37. The first-order valence-electron chi connectivity index (χ1n) is 7.61. The smallest absolute Gasteiger partial charge is 0.329 e. The molecule has 1 amide bonds. The Kier molecular flexibility index (Phi) is 5.19. The Morgan fingerprint density at radius 2 is 1.86 bits per heavy atom. The zero-order valence-electron chi connectivity index (χ0n) is 13.0. The average Bonchev–Trinajstić information content (AvgIpc) is 2.51. The fourth-order valence-corrected chi connectivity index (χ4v) is 2.97. The van der Waals surface area contributed by atoms with Crippen molar-refractivity contribution >= 4 is 11.9 Å². The molecule has 1 fully saturated rings. The summed E-state index contributed by atoms with van der Waals surface area (Å²) in [6.45, 7) is 2.11. The maximum absolute atomic E-state index is 12.5. The number of carboxylic acid groups (broad SMARTS) is 1. The Hall–Kier alpha value is -1.88. The van der Waals surface area contributed by atoms with Crippen molar-refractivity contribution in [2.24, 2.45) is 5.92 Å². The molecule has 0 unspecified atom stereocenters. The van der Waals surface area contributed by atoms with Crippen molar-refractivity contribution in [1.82, 2.24) is 5.32 Å². The fraction of sp³-hybridized carbons (Fsp3) is 0.529. The van der Waals surface area contributed by atoms with Crippen LogP contribution in [0.5, 0.6) is 0 Å². The Labute approximate surface area is 130 Å². The highest BCUT2D eigenvalue weighted by molar-refractivity contribution is 5.89. The fourth-order valence-electron chi connectivity index (χ4n) is 2.97. The monoisotopic (exact) mass is 305 g/mol. The molecule has 2 N–H and O–H groups in total. The van der Waals surface area contributed by atoms with Gasteiger partial charge in [-0.25, -0.2) is 4.79 Å². The molecule has 0 aliphatic heterocycles. The molecular weight excluding hydrogens is 282 g/mol. The van der Waals surface area contributed by atoms with E-state index in [1.54, 1.807) is 12.1 Å². The Bertz CT molecular complexity index is 521. The average molecular weight is 305 g/mol. The number of methoxy groups -OCH3 is 1. The highest BCUT2D eigenvalue weighted by atomic mass is 16.5. The van der Waals surface area contributed by atoms with E-state index in [0.29, 0.717) is 24.3 Å². The molecule has 1 aliphatic carbocycles. The zero-order chi connectivity index (χ0) is 16.2. The topological polar surface area (TPSA) is 75.6 Å². The maximum atomic E-state index is 12.5. The van der Waals surface area contributed by atoms with E-state index >= 15 is 0 Å². The second-order valence-electron chi connectivity index (χ2n) is 6.09. The van der Waals surface area contributed by atoms with Crippen molar-refractivity contribution in [1.29, 1.82) is 0 Å². The van der Waals surface area contributed by atoms with E-state index in [4.69, 9.17) is 4.74 Å². The predicted molar refractivity (Wildman–Crippen MR) is 82.3 cm³/mol. The molecule has 5 heteroatoms. The number of carbonyl (C=O) groups is 2. The van der Waals surface area contributed by atoms with Gasteiger partial charge in [-0.15, -0.1) is 0 Å². The summed E-state index contributed by atoms with van der Waals surface area (Å²) < 4.78 is 5.28. The Balaban J connectivity index is 2.15. The van der Waals surface area contributed by atoms with E-state index in [1.165, 1.54) is 7.11 Å². The molecule has 0 heterocycles. The molecule has 5 nitrogen and oxygen atoms in total. The van der Waals surface area contributed by atoms with Crippen LogP contribution in [0, 0.1) is 5.92 Å². The van der Waals surface area contributed by atoms with E-state index < -0.39 is 23.5 Å². The number of carbonyl (C=O) groups excluding carboxylic acids is 1. The van der Waals surface area contributed by atoms with Crippen LogP contribution < -0.4 is 5.32 Å². The summed E-state index contributed by atoms with van der Waals surface area (Å²) in [6.07, 6.45) is 1.73. The quantitative estimate of drug-likeness (QED) is 0.876. The molecule has 0 bridgehead atoms. The highest BCUT2D eigenvalue weighted by Gasteiger charge is 2.43. The second kappa shape index (κ2) is 6.92. The van der Waals surface area contributed by atoms with Crippen LogP contribution in [0.15, 0.2) is 30.3 Å². The van der Waals surface area contributed by atoms with Gasteiger partial charge in [0.1, 0.15) is 5.54 Å². The lowest BCUT2D eigenvalue weighted by Crippen LogP contribution is -2.57. The van der Waals surface area contributed by atoms with Crippen LogP contribution in [0.4, 0.5) is 0 Å². The summed E-state index contributed by atoms with van der Waals surface area (Å²) in [5.41, 5.74) is -0.456. The summed E-state index contributed by atoms with van der Waals surface area (Å²) in [5.74, 6) is -0.863. The summed E-state index contributed by atoms with van der Waals surface area (Å²) in [6, 6.07) is 9.09. The largest absolute Gasteiger partial charge is 0.480 e. The molecule has 0 radical (unpaired) electrons. The lowest BCUT2D eigenvalue weighted by atomic mass is 9.77. The zero-order valence-corrected chi connectivity index (χ0v) is 13.0. The predicted octanol–water partition coefficient (Wildman–Crippen LogP) is 2.52. The van der Waals surface area contributed by atoms with Crippen LogP contribution in [0.1, 0.15) is 44.3 Å². The number of benzene rings is 1. The van der Waals surface area contributed by atoms with E-state index in [1.807, 2.05) is 18.2 Å². The van der Waals surface area contributed by atoms with Crippen molar-refractivity contribution in [2.45, 2.75) is 44.2 Å². The lowest BCUT2D eigenvalue weighted by molar-refractivity contribution is -0.151. The minimum Gasteiger partial charge on any atom is -0.480 e. The van der Waals surface area contributed by atoms with E-state index in [9.17, 15) is 14.7 Å². The number of aliphatic carboxylic acids is 1. The van der Waals surface area contributed by atoms with Gasteiger partial charge < -0.3 is 15.2 Å². The highest BCUT2D eigenvalue weighted by Crippen LogP contribution is 2.33. The minimum atomic E-state index is -1.17. The molecule has 2 rings (SSSR count). The first-order valence-corrected chi connectivity index (χ1v) is 7.61. The van der Waals surface area contributed by atoms with Gasteiger partial charge in [0.05, 0.1) is 0 Å². The molecule has 1 saturated carbocycles. The number of nitrogens with one attached hydrogen (secondary N) is 1. The minimum absolute atomic E-state index is 0.398. The number of ether oxygens (including phenoxy) is 1. The molecule has 0 aromatic heterocycles. The van der Waals surface area contributed by atoms with Crippen LogP contribution in [-0.2, 0) is 14.3 Å². The van der Waals surface area contributed by atoms with Gasteiger partial charge in [-0.1, -0.05) is 37.3 Å². The molecule has 1 aromatic rings. The van der Waals surface area contributed by atoms with Crippen molar-refractivity contribution in [2.75, 3.05) is 7.11 Å². The van der Waals surface area contributed by atoms with Crippen LogP contribution in [0.25, 0.3) is 0 Å². The summed E-state index contributed by atoms with van der Waals surface area (Å²) in [4.78, 5) is 24.2. The molecule has 0 spiro atoms. The summed E-state index contributed by atoms with van der Waals surface area (Å²) in [7, 11) is 1.45. The number of hydrogen-bond acceptors (Lipinski definition) is 3. The van der Waals surface area contributed by atoms with Gasteiger partial charge in [-0.3, -0.25) is 4.79 Å². The molecule has 120 valence electrons. The standard InChI is InChI=1S/C17H23NO4/c1-12-8-10-17(11-9-12,16(20)21)18-15(19)14(22-2)13-6-4-3-5-7-13/h3-7,12,14H,8-11H2,1-2H3,(H,18,19)(H,20,21)/t12?,14-,17?/m1/s1. The van der Waals surface area contributed by atoms with Gasteiger partial charge in [-0.05, 0) is 37.2 Å². The van der Waals surface area contributed by atoms with E-state index in [2.05, 4.69) is 12.2 Å². The maximum Gasteiger partial charge on any atom is 0.329 e. The molecule has 22 heavy (non-hydrogen) atoms. The second-order valence-corrected chi connectivity index (χ2v) is 6.09. The molecule has 1 atom stereocenters. The van der Waals surface area contributed by atoms with Crippen LogP contribution >= 0.6 is 0 Å². The number of rotatable bonds is 5. The van der Waals surface area contributed by atoms with Crippen LogP contribution in [-0.4, -0.2) is 29.6 Å². The Morgan fingerprint density at radius 3 is 2.36 bits per heavy atom.